The lowest BCUT2D eigenvalue weighted by molar-refractivity contribution is -0.146. The van der Waals surface area contributed by atoms with Gasteiger partial charge in [-0.25, -0.2) is 0 Å². The van der Waals surface area contributed by atoms with Gasteiger partial charge in [-0.1, -0.05) is 0 Å². The Kier molecular flexibility index (Phi) is 7.54. The Balaban J connectivity index is 3.56. The number of hydrogen-bond acceptors (Lipinski definition) is 4. The number of amides is 1. The van der Waals surface area contributed by atoms with Gasteiger partial charge in [-0.15, -0.1) is 0 Å². The van der Waals surface area contributed by atoms with E-state index in [4.69, 9.17) is 9.47 Å². The van der Waals surface area contributed by atoms with Crippen LogP contribution >= 0.6 is 0 Å². The first-order chi connectivity index (χ1) is 7.47. The largest absolute Gasteiger partial charge is 0.466 e. The van der Waals surface area contributed by atoms with Crippen LogP contribution in [0.1, 0.15) is 26.2 Å². The third-order valence-electron chi connectivity index (χ3n) is 2.23. The molecule has 1 amide bonds. The Morgan fingerprint density at radius 2 is 1.88 bits per heavy atom. The average Bonchev–Trinajstić information content (AvgIpc) is 2.25. The molecule has 94 valence electrons. The van der Waals surface area contributed by atoms with Gasteiger partial charge in [0.15, 0.2) is 0 Å². The molecular formula is C11H21NO4. The summed E-state index contributed by atoms with van der Waals surface area (Å²) in [5, 5.41) is 0. The first-order valence-corrected chi connectivity index (χ1v) is 5.36. The number of ether oxygens (including phenoxy) is 2. The molecule has 0 aliphatic rings. The topological polar surface area (TPSA) is 55.8 Å². The monoisotopic (exact) mass is 231 g/mol. The van der Waals surface area contributed by atoms with Crippen molar-refractivity contribution in [2.24, 2.45) is 0 Å². The highest BCUT2D eigenvalue weighted by molar-refractivity contribution is 5.80. The molecule has 0 aliphatic carbocycles. The minimum absolute atomic E-state index is 0.0674. The second-order valence-corrected chi connectivity index (χ2v) is 3.84. The van der Waals surface area contributed by atoms with E-state index >= 15 is 0 Å². The van der Waals surface area contributed by atoms with Crippen molar-refractivity contribution in [2.75, 3.05) is 27.8 Å². The van der Waals surface area contributed by atoms with E-state index in [0.29, 0.717) is 13.0 Å². The molecule has 1 unspecified atom stereocenters. The molecular weight excluding hydrogens is 210 g/mol. The van der Waals surface area contributed by atoms with Crippen molar-refractivity contribution < 1.29 is 19.1 Å². The van der Waals surface area contributed by atoms with E-state index in [2.05, 4.69) is 0 Å². The van der Waals surface area contributed by atoms with Crippen molar-refractivity contribution in [1.82, 2.24) is 4.90 Å². The summed E-state index contributed by atoms with van der Waals surface area (Å²) in [6.45, 7) is 2.24. The van der Waals surface area contributed by atoms with Gasteiger partial charge < -0.3 is 14.4 Å². The summed E-state index contributed by atoms with van der Waals surface area (Å²) >= 11 is 0. The minimum atomic E-state index is -0.335. The van der Waals surface area contributed by atoms with Gasteiger partial charge in [0.2, 0.25) is 5.91 Å². The van der Waals surface area contributed by atoms with Crippen LogP contribution in [0.5, 0.6) is 0 Å². The van der Waals surface area contributed by atoms with Crippen LogP contribution in [0.3, 0.4) is 0 Å². The highest BCUT2D eigenvalue weighted by Gasteiger charge is 2.09. The van der Waals surface area contributed by atoms with Gasteiger partial charge in [-0.3, -0.25) is 9.59 Å². The molecule has 1 atom stereocenters. The van der Waals surface area contributed by atoms with E-state index < -0.39 is 0 Å². The molecule has 0 aromatic rings. The maximum atomic E-state index is 11.2. The van der Waals surface area contributed by atoms with E-state index in [0.717, 1.165) is 0 Å². The maximum absolute atomic E-state index is 11.2. The van der Waals surface area contributed by atoms with Gasteiger partial charge in [0.25, 0.3) is 0 Å². The number of carbonyl (C=O) groups excluding carboxylic acids is 2. The van der Waals surface area contributed by atoms with Crippen molar-refractivity contribution in [2.45, 2.75) is 32.3 Å². The van der Waals surface area contributed by atoms with Gasteiger partial charge in [0.05, 0.1) is 19.1 Å². The average molecular weight is 231 g/mol. The lowest BCUT2D eigenvalue weighted by Gasteiger charge is -2.11. The normalized spacial score (nSPS) is 12.0. The standard InChI is InChI=1S/C11H21NO4/c1-9(15-4)7-8-16-11(14)6-5-10(13)12(2)3/h9H,5-8H2,1-4H3. The van der Waals surface area contributed by atoms with Gasteiger partial charge >= 0.3 is 5.97 Å². The summed E-state index contributed by atoms with van der Waals surface area (Å²) in [5.74, 6) is -0.402. The summed E-state index contributed by atoms with van der Waals surface area (Å²) in [6, 6.07) is 0. The summed E-state index contributed by atoms with van der Waals surface area (Å²) < 4.78 is 9.96. The van der Waals surface area contributed by atoms with E-state index in [1.807, 2.05) is 6.92 Å². The van der Waals surface area contributed by atoms with Gasteiger partial charge in [0, 0.05) is 34.0 Å². The van der Waals surface area contributed by atoms with Gasteiger partial charge in [0.1, 0.15) is 0 Å². The molecule has 0 rings (SSSR count). The highest BCUT2D eigenvalue weighted by Crippen LogP contribution is 1.99. The van der Waals surface area contributed by atoms with Crippen LogP contribution in [-0.4, -0.2) is 50.7 Å². The zero-order chi connectivity index (χ0) is 12.6. The second kappa shape index (κ2) is 8.10. The summed E-state index contributed by atoms with van der Waals surface area (Å²) in [4.78, 5) is 23.8. The van der Waals surface area contributed by atoms with Crippen LogP contribution in [0.2, 0.25) is 0 Å². The van der Waals surface area contributed by atoms with Crippen molar-refractivity contribution in [3.8, 4) is 0 Å². The third-order valence-corrected chi connectivity index (χ3v) is 2.23. The fourth-order valence-electron chi connectivity index (χ4n) is 0.961. The van der Waals surface area contributed by atoms with Crippen LogP contribution in [0.15, 0.2) is 0 Å². The summed E-state index contributed by atoms with van der Waals surface area (Å²) in [6.07, 6.45) is 1.09. The zero-order valence-electron chi connectivity index (χ0n) is 10.5. The predicted octanol–water partition coefficient (Wildman–Crippen LogP) is 0.823. The Morgan fingerprint density at radius 1 is 1.25 bits per heavy atom. The van der Waals surface area contributed by atoms with Crippen molar-refractivity contribution >= 4 is 11.9 Å². The van der Waals surface area contributed by atoms with E-state index in [1.165, 1.54) is 4.90 Å². The van der Waals surface area contributed by atoms with Crippen molar-refractivity contribution in [3.05, 3.63) is 0 Å². The molecule has 0 aromatic carbocycles. The van der Waals surface area contributed by atoms with E-state index in [1.54, 1.807) is 21.2 Å². The molecule has 0 aromatic heterocycles. The number of esters is 1. The number of methoxy groups -OCH3 is 1. The van der Waals surface area contributed by atoms with Gasteiger partial charge in [-0.05, 0) is 6.92 Å². The molecule has 5 heteroatoms. The molecule has 0 fully saturated rings. The molecule has 0 radical (unpaired) electrons. The van der Waals surface area contributed by atoms with Crippen LogP contribution in [0, 0.1) is 0 Å². The Morgan fingerprint density at radius 3 is 2.38 bits per heavy atom. The highest BCUT2D eigenvalue weighted by atomic mass is 16.5. The fourth-order valence-corrected chi connectivity index (χ4v) is 0.961. The zero-order valence-corrected chi connectivity index (χ0v) is 10.5. The molecule has 0 spiro atoms. The Hall–Kier alpha value is -1.10. The first kappa shape index (κ1) is 14.9. The van der Waals surface area contributed by atoms with Crippen LogP contribution in [0.25, 0.3) is 0 Å². The van der Waals surface area contributed by atoms with Crippen LogP contribution < -0.4 is 0 Å². The minimum Gasteiger partial charge on any atom is -0.466 e. The third kappa shape index (κ3) is 7.23. The molecule has 0 bridgehead atoms. The van der Waals surface area contributed by atoms with Crippen LogP contribution in [-0.2, 0) is 19.1 Å². The van der Waals surface area contributed by atoms with Crippen LogP contribution in [0.4, 0.5) is 0 Å². The Labute approximate surface area is 96.7 Å². The quantitative estimate of drug-likeness (QED) is 0.609. The second-order valence-electron chi connectivity index (χ2n) is 3.84. The SMILES string of the molecule is COC(C)CCOC(=O)CCC(=O)N(C)C. The molecule has 0 saturated carbocycles. The summed E-state index contributed by atoms with van der Waals surface area (Å²) in [7, 11) is 4.93. The number of rotatable bonds is 7. The molecule has 5 nitrogen and oxygen atoms in total. The number of carbonyl (C=O) groups is 2. The first-order valence-electron chi connectivity index (χ1n) is 5.36. The smallest absolute Gasteiger partial charge is 0.306 e. The molecule has 16 heavy (non-hydrogen) atoms. The number of nitrogens with zero attached hydrogens (tertiary/aromatic N) is 1. The summed E-state index contributed by atoms with van der Waals surface area (Å²) in [5.41, 5.74) is 0. The molecule has 0 N–H and O–H groups in total. The lowest BCUT2D eigenvalue weighted by Crippen LogP contribution is -2.22. The van der Waals surface area contributed by atoms with Crippen molar-refractivity contribution in [3.63, 3.8) is 0 Å². The predicted molar refractivity (Wildman–Crippen MR) is 60.0 cm³/mol. The fraction of sp³-hybridized carbons (Fsp3) is 0.818. The van der Waals surface area contributed by atoms with E-state index in [-0.39, 0.29) is 30.8 Å². The Bertz CT molecular complexity index is 228. The number of hydrogen-bond donors (Lipinski definition) is 0. The van der Waals surface area contributed by atoms with Crippen molar-refractivity contribution in [1.29, 1.82) is 0 Å². The molecule has 0 heterocycles. The lowest BCUT2D eigenvalue weighted by atomic mass is 10.3. The molecule has 0 saturated heterocycles. The molecule has 0 aliphatic heterocycles. The maximum Gasteiger partial charge on any atom is 0.306 e. The van der Waals surface area contributed by atoms with E-state index in [9.17, 15) is 9.59 Å². The van der Waals surface area contributed by atoms with Gasteiger partial charge in [-0.2, -0.15) is 0 Å².